The molecule has 20 heavy (non-hydrogen) atoms. The Morgan fingerprint density at radius 1 is 1.40 bits per heavy atom. The van der Waals surface area contributed by atoms with Gasteiger partial charge in [-0.25, -0.2) is 4.68 Å². The Balaban J connectivity index is 2.05. The van der Waals surface area contributed by atoms with Gasteiger partial charge in [-0.3, -0.25) is 0 Å². The van der Waals surface area contributed by atoms with E-state index in [1.807, 2.05) is 16.9 Å². The summed E-state index contributed by atoms with van der Waals surface area (Å²) in [4.78, 5) is 0. The molecule has 1 N–H and O–H groups in total. The molecule has 108 valence electrons. The van der Waals surface area contributed by atoms with Gasteiger partial charge < -0.3 is 10.1 Å². The van der Waals surface area contributed by atoms with Crippen molar-refractivity contribution in [3.63, 3.8) is 0 Å². The molecule has 0 spiro atoms. The van der Waals surface area contributed by atoms with Gasteiger partial charge in [0, 0.05) is 24.2 Å². The van der Waals surface area contributed by atoms with E-state index in [1.54, 1.807) is 7.11 Å². The van der Waals surface area contributed by atoms with Crippen LogP contribution in [0.3, 0.4) is 0 Å². The third kappa shape index (κ3) is 3.48. The molecule has 0 bridgehead atoms. The summed E-state index contributed by atoms with van der Waals surface area (Å²) in [5.41, 5.74) is 3.59. The molecule has 0 aliphatic carbocycles. The Labute approximate surface area is 128 Å². The molecular formula is C15H20BrN3O. The van der Waals surface area contributed by atoms with Crippen LogP contribution >= 0.6 is 15.9 Å². The van der Waals surface area contributed by atoms with Gasteiger partial charge in [-0.2, -0.15) is 5.10 Å². The van der Waals surface area contributed by atoms with E-state index < -0.39 is 0 Å². The topological polar surface area (TPSA) is 39.1 Å². The van der Waals surface area contributed by atoms with E-state index in [-0.39, 0.29) is 6.04 Å². The van der Waals surface area contributed by atoms with Gasteiger partial charge in [0.2, 0.25) is 0 Å². The maximum Gasteiger partial charge on any atom is 0.139 e. The van der Waals surface area contributed by atoms with Crippen molar-refractivity contribution in [2.24, 2.45) is 0 Å². The third-order valence-corrected chi connectivity index (χ3v) is 4.08. The number of methoxy groups -OCH3 is 1. The van der Waals surface area contributed by atoms with Gasteiger partial charge in [-0.15, -0.1) is 0 Å². The maximum atomic E-state index is 5.16. The van der Waals surface area contributed by atoms with Crippen molar-refractivity contribution in [3.05, 3.63) is 51.8 Å². The van der Waals surface area contributed by atoms with Crippen molar-refractivity contribution in [2.45, 2.75) is 33.2 Å². The molecule has 0 aliphatic heterocycles. The van der Waals surface area contributed by atoms with Crippen LogP contribution in [0, 0.1) is 6.92 Å². The van der Waals surface area contributed by atoms with Gasteiger partial charge in [0.05, 0.1) is 11.9 Å². The molecule has 1 aromatic heterocycles. The first kappa shape index (κ1) is 15.2. The first-order valence-electron chi connectivity index (χ1n) is 6.61. The molecule has 0 saturated carbocycles. The first-order valence-corrected chi connectivity index (χ1v) is 7.40. The lowest BCUT2D eigenvalue weighted by molar-refractivity contribution is 0.117. The summed E-state index contributed by atoms with van der Waals surface area (Å²) in [6, 6.07) is 8.53. The molecule has 1 atom stereocenters. The number of benzene rings is 1. The SMILES string of the molecule is COCn1ncc(C)c1CNC(C)c1ccccc1Br. The van der Waals surface area contributed by atoms with Gasteiger partial charge in [-0.05, 0) is 31.0 Å². The van der Waals surface area contributed by atoms with E-state index in [0.29, 0.717) is 6.73 Å². The molecule has 0 radical (unpaired) electrons. The number of nitrogens with zero attached hydrogens (tertiary/aromatic N) is 2. The zero-order chi connectivity index (χ0) is 14.5. The minimum atomic E-state index is 0.260. The predicted octanol–water partition coefficient (Wildman–Crippen LogP) is 3.41. The molecular weight excluding hydrogens is 318 g/mol. The third-order valence-electron chi connectivity index (χ3n) is 3.36. The van der Waals surface area contributed by atoms with Crippen molar-refractivity contribution in [1.82, 2.24) is 15.1 Å². The summed E-state index contributed by atoms with van der Waals surface area (Å²) >= 11 is 3.59. The largest absolute Gasteiger partial charge is 0.362 e. The van der Waals surface area contributed by atoms with E-state index >= 15 is 0 Å². The minimum Gasteiger partial charge on any atom is -0.362 e. The number of hydrogen-bond donors (Lipinski definition) is 1. The fraction of sp³-hybridized carbons (Fsp3) is 0.400. The highest BCUT2D eigenvalue weighted by molar-refractivity contribution is 9.10. The number of aromatic nitrogens is 2. The Hall–Kier alpha value is -1.17. The van der Waals surface area contributed by atoms with Crippen molar-refractivity contribution in [2.75, 3.05) is 7.11 Å². The summed E-state index contributed by atoms with van der Waals surface area (Å²) in [7, 11) is 1.68. The van der Waals surface area contributed by atoms with E-state index in [1.165, 1.54) is 11.1 Å². The Kier molecular flexibility index (Phi) is 5.34. The normalized spacial score (nSPS) is 12.6. The lowest BCUT2D eigenvalue weighted by atomic mass is 10.1. The highest BCUT2D eigenvalue weighted by atomic mass is 79.9. The average Bonchev–Trinajstić information content (AvgIpc) is 2.78. The first-order chi connectivity index (χ1) is 9.63. The summed E-state index contributed by atoms with van der Waals surface area (Å²) in [5.74, 6) is 0. The van der Waals surface area contributed by atoms with E-state index in [0.717, 1.165) is 16.7 Å². The molecule has 1 aromatic carbocycles. The van der Waals surface area contributed by atoms with Crippen LogP contribution in [0.4, 0.5) is 0 Å². The van der Waals surface area contributed by atoms with Crippen LogP contribution in [0.1, 0.15) is 29.8 Å². The molecule has 0 fully saturated rings. The quantitative estimate of drug-likeness (QED) is 0.877. The summed E-state index contributed by atoms with van der Waals surface area (Å²) < 4.78 is 8.17. The average molecular weight is 338 g/mol. The minimum absolute atomic E-state index is 0.260. The predicted molar refractivity (Wildman–Crippen MR) is 83.4 cm³/mol. The van der Waals surface area contributed by atoms with E-state index in [4.69, 9.17) is 4.74 Å². The van der Waals surface area contributed by atoms with Gasteiger partial charge >= 0.3 is 0 Å². The second-order valence-electron chi connectivity index (χ2n) is 4.82. The van der Waals surface area contributed by atoms with Crippen molar-refractivity contribution >= 4 is 15.9 Å². The van der Waals surface area contributed by atoms with Gasteiger partial charge in [0.1, 0.15) is 6.73 Å². The lowest BCUT2D eigenvalue weighted by Crippen LogP contribution is -2.21. The monoisotopic (exact) mass is 337 g/mol. The molecule has 0 amide bonds. The molecule has 5 heteroatoms. The highest BCUT2D eigenvalue weighted by Crippen LogP contribution is 2.23. The van der Waals surface area contributed by atoms with Crippen LogP contribution in [-0.4, -0.2) is 16.9 Å². The molecule has 2 aromatic rings. The fourth-order valence-electron chi connectivity index (χ4n) is 2.15. The standard InChI is InChI=1S/C15H20BrN3O/c1-11-8-18-19(10-20-3)15(11)9-17-12(2)13-6-4-5-7-14(13)16/h4-8,12,17H,9-10H2,1-3H3. The van der Waals surface area contributed by atoms with Crippen molar-refractivity contribution < 1.29 is 4.74 Å². The van der Waals surface area contributed by atoms with Crippen molar-refractivity contribution in [1.29, 1.82) is 0 Å². The number of nitrogens with one attached hydrogen (secondary N) is 1. The number of rotatable bonds is 6. The Morgan fingerprint density at radius 3 is 2.85 bits per heavy atom. The van der Waals surface area contributed by atoms with Gasteiger partial charge in [-0.1, -0.05) is 34.1 Å². The Morgan fingerprint density at radius 2 is 2.15 bits per heavy atom. The second kappa shape index (κ2) is 7.02. The molecule has 1 heterocycles. The second-order valence-corrected chi connectivity index (χ2v) is 5.67. The zero-order valence-electron chi connectivity index (χ0n) is 12.1. The van der Waals surface area contributed by atoms with Gasteiger partial charge in [0.15, 0.2) is 0 Å². The lowest BCUT2D eigenvalue weighted by Gasteiger charge is -2.17. The maximum absolute atomic E-state index is 5.16. The summed E-state index contributed by atoms with van der Waals surface area (Å²) in [6.07, 6.45) is 1.87. The number of ether oxygens (including phenoxy) is 1. The van der Waals surface area contributed by atoms with Crippen LogP contribution in [0.15, 0.2) is 34.9 Å². The molecule has 1 unspecified atom stereocenters. The summed E-state index contributed by atoms with van der Waals surface area (Å²) in [5, 5.41) is 7.85. The van der Waals surface area contributed by atoms with E-state index in [9.17, 15) is 0 Å². The van der Waals surface area contributed by atoms with Gasteiger partial charge in [0.25, 0.3) is 0 Å². The molecule has 4 nitrogen and oxygen atoms in total. The zero-order valence-corrected chi connectivity index (χ0v) is 13.6. The highest BCUT2D eigenvalue weighted by Gasteiger charge is 2.11. The smallest absolute Gasteiger partial charge is 0.139 e. The van der Waals surface area contributed by atoms with Crippen LogP contribution in [0.5, 0.6) is 0 Å². The molecule has 2 rings (SSSR count). The molecule has 0 saturated heterocycles. The number of aryl methyl sites for hydroxylation is 1. The number of halogens is 1. The number of hydrogen-bond acceptors (Lipinski definition) is 3. The molecule has 0 aliphatic rings. The van der Waals surface area contributed by atoms with Crippen LogP contribution in [0.25, 0.3) is 0 Å². The fourth-order valence-corrected chi connectivity index (χ4v) is 2.78. The van der Waals surface area contributed by atoms with Crippen LogP contribution < -0.4 is 5.32 Å². The Bertz CT molecular complexity index is 568. The summed E-state index contributed by atoms with van der Waals surface area (Å²) in [6.45, 7) is 5.47. The van der Waals surface area contributed by atoms with Crippen molar-refractivity contribution in [3.8, 4) is 0 Å². The van der Waals surface area contributed by atoms with Crippen LogP contribution in [-0.2, 0) is 18.0 Å². The van der Waals surface area contributed by atoms with E-state index in [2.05, 4.69) is 58.4 Å². The van der Waals surface area contributed by atoms with Crippen LogP contribution in [0.2, 0.25) is 0 Å².